The maximum atomic E-state index is 11.3. The number of nitro groups is 2. The number of hydrazone groups is 2. The molecule has 0 heterocycles. The molecule has 35 heavy (non-hydrogen) atoms. The van der Waals surface area contributed by atoms with Crippen molar-refractivity contribution in [3.05, 3.63) is 79.9 Å². The highest BCUT2D eigenvalue weighted by Crippen LogP contribution is 2.11. The Bertz CT molecular complexity index is 1100. The first kappa shape index (κ1) is 28.0. The number of nitrogens with zero attached hydrogens (tertiary/aromatic N) is 4. The van der Waals surface area contributed by atoms with Crippen LogP contribution in [-0.2, 0) is 14.4 Å². The van der Waals surface area contributed by atoms with Crippen LogP contribution in [0.5, 0.6) is 0 Å². The molecule has 0 fully saturated rings. The zero-order chi connectivity index (χ0) is 26.2. The second-order valence-corrected chi connectivity index (χ2v) is 6.48. The lowest BCUT2D eigenvalue weighted by Crippen LogP contribution is -2.31. The summed E-state index contributed by atoms with van der Waals surface area (Å²) in [5, 5.41) is 28.1. The van der Waals surface area contributed by atoms with Gasteiger partial charge in [-0.1, -0.05) is 0 Å². The van der Waals surface area contributed by atoms with Gasteiger partial charge in [0, 0.05) is 44.0 Å². The summed E-state index contributed by atoms with van der Waals surface area (Å²) < 4.78 is 0. The molecule has 0 aromatic heterocycles. The Morgan fingerprint density at radius 3 is 1.57 bits per heavy atom. The van der Waals surface area contributed by atoms with Crippen LogP contribution in [0.4, 0.5) is 11.4 Å². The molecule has 0 aliphatic heterocycles. The van der Waals surface area contributed by atoms with E-state index >= 15 is 0 Å². The summed E-state index contributed by atoms with van der Waals surface area (Å²) in [4.78, 5) is 52.3. The number of benzene rings is 2. The average Bonchev–Trinajstić information content (AvgIpc) is 2.83. The number of nitro benzene ring substituents is 2. The molecule has 2 rings (SSSR count). The topological polar surface area (TPSA) is 224 Å². The molecule has 2 aromatic carbocycles. The van der Waals surface area contributed by atoms with Crippen LogP contribution in [0.2, 0.25) is 0 Å². The first-order valence-corrected chi connectivity index (χ1v) is 9.72. The lowest BCUT2D eigenvalue weighted by molar-refractivity contribution is -0.385. The van der Waals surface area contributed by atoms with Gasteiger partial charge in [-0.2, -0.15) is 10.2 Å². The number of hydrogen-bond acceptors (Lipinski definition) is 10. The van der Waals surface area contributed by atoms with Crippen molar-refractivity contribution in [2.45, 2.75) is 19.8 Å². The highest BCUT2D eigenvalue weighted by molar-refractivity contribution is 5.85. The number of non-ortho nitro benzene ring substituents is 2. The molecule has 15 heteroatoms. The van der Waals surface area contributed by atoms with Crippen molar-refractivity contribution >= 4 is 41.5 Å². The van der Waals surface area contributed by atoms with Crippen LogP contribution >= 0.6 is 0 Å². The van der Waals surface area contributed by atoms with Crippen molar-refractivity contribution < 1.29 is 24.2 Å². The van der Waals surface area contributed by atoms with Crippen LogP contribution in [0, 0.1) is 20.2 Å². The molecule has 0 bridgehead atoms. The highest BCUT2D eigenvalue weighted by Gasteiger charge is 2.05. The first-order chi connectivity index (χ1) is 16.6. The van der Waals surface area contributed by atoms with E-state index in [0.29, 0.717) is 11.1 Å². The van der Waals surface area contributed by atoms with Crippen LogP contribution in [0.1, 0.15) is 30.9 Å². The van der Waals surface area contributed by atoms with Crippen LogP contribution in [-0.4, -0.2) is 40.0 Å². The Labute approximate surface area is 198 Å². The molecule has 0 aliphatic carbocycles. The van der Waals surface area contributed by atoms with Gasteiger partial charge in [-0.3, -0.25) is 40.0 Å². The summed E-state index contributed by atoms with van der Waals surface area (Å²) in [6.45, 7) is 1.34. The minimum atomic E-state index is -0.509. The average molecular weight is 486 g/mol. The summed E-state index contributed by atoms with van der Waals surface area (Å²) in [5.41, 5.74) is 7.62. The third-order valence-corrected chi connectivity index (χ3v) is 3.79. The summed E-state index contributed by atoms with van der Waals surface area (Å²) in [5.74, 6) is 3.71. The van der Waals surface area contributed by atoms with Gasteiger partial charge in [-0.25, -0.2) is 16.7 Å². The number of rotatable bonds is 9. The lowest BCUT2D eigenvalue weighted by Gasteiger charge is -1.99. The maximum absolute atomic E-state index is 11.3. The molecule has 0 unspecified atom stereocenters. The largest absolute Gasteiger partial charge is 0.294 e. The van der Waals surface area contributed by atoms with Gasteiger partial charge in [-0.15, -0.1) is 0 Å². The van der Waals surface area contributed by atoms with Crippen LogP contribution in [0.25, 0.3) is 0 Å². The minimum Gasteiger partial charge on any atom is -0.294 e. The van der Waals surface area contributed by atoms with Gasteiger partial charge in [0.15, 0.2) is 0 Å². The third-order valence-electron chi connectivity index (χ3n) is 3.79. The van der Waals surface area contributed by atoms with E-state index in [0.717, 1.165) is 0 Å². The number of hydrogen-bond donors (Lipinski definition) is 4. The molecular weight excluding hydrogens is 464 g/mol. The van der Waals surface area contributed by atoms with Gasteiger partial charge in [-0.05, 0) is 35.4 Å². The molecule has 0 aliphatic rings. The number of amides is 3. The van der Waals surface area contributed by atoms with Crippen molar-refractivity contribution in [3.63, 3.8) is 0 Å². The van der Waals surface area contributed by atoms with Gasteiger partial charge >= 0.3 is 0 Å². The Hall–Kier alpha value is -5.05. The predicted molar refractivity (Wildman–Crippen MR) is 125 cm³/mol. The molecule has 15 nitrogen and oxygen atoms in total. The Balaban J connectivity index is 0.000000365. The SMILES string of the molecule is CC(=O)N/N=C/c1ccc([N+](=O)[O-])cc1.NNC(=O)CCC(=O)N/N=C/c1ccc([N+](=O)[O-])cc1. The standard InChI is InChI=1S/C11H13N5O4.C9H9N3O3/c12-14-10(17)5-6-11(18)15-13-7-8-1-3-9(4-2-8)16(19)20;1-7(13)11-10-6-8-2-4-9(5-3-8)12(14)15/h1-4,7H,5-6,12H2,(H,14,17)(H,15,18);2-6H,1H3,(H,11,13)/b13-7+;10-6+. The maximum Gasteiger partial charge on any atom is 0.269 e. The van der Waals surface area contributed by atoms with Crippen LogP contribution in [0.3, 0.4) is 0 Å². The van der Waals surface area contributed by atoms with Gasteiger partial charge in [0.25, 0.3) is 11.4 Å². The van der Waals surface area contributed by atoms with Gasteiger partial charge in [0.2, 0.25) is 17.7 Å². The van der Waals surface area contributed by atoms with Crippen LogP contribution in [0.15, 0.2) is 58.7 Å². The van der Waals surface area contributed by atoms with E-state index in [9.17, 15) is 34.6 Å². The molecule has 0 spiro atoms. The summed E-state index contributed by atoms with van der Waals surface area (Å²) in [6.07, 6.45) is 2.67. The Kier molecular flexibility index (Phi) is 11.9. The van der Waals surface area contributed by atoms with Crippen molar-refractivity contribution in [1.82, 2.24) is 16.3 Å². The number of carbonyl (C=O) groups is 3. The van der Waals surface area contributed by atoms with Gasteiger partial charge in [0.05, 0.1) is 22.3 Å². The van der Waals surface area contributed by atoms with Crippen molar-refractivity contribution in [3.8, 4) is 0 Å². The lowest BCUT2D eigenvalue weighted by atomic mass is 10.2. The van der Waals surface area contributed by atoms with Crippen molar-refractivity contribution in [2.75, 3.05) is 0 Å². The molecule has 0 radical (unpaired) electrons. The minimum absolute atomic E-state index is 0.0201. The molecule has 0 saturated heterocycles. The molecule has 5 N–H and O–H groups in total. The van der Waals surface area contributed by atoms with E-state index in [-0.39, 0.29) is 30.1 Å². The van der Waals surface area contributed by atoms with Gasteiger partial charge < -0.3 is 0 Å². The first-order valence-electron chi connectivity index (χ1n) is 9.72. The molecular formula is C20H22N8O7. The highest BCUT2D eigenvalue weighted by atomic mass is 16.6. The quantitative estimate of drug-likeness (QED) is 0.130. The molecule has 3 amide bonds. The summed E-state index contributed by atoms with van der Waals surface area (Å²) in [6, 6.07) is 11.5. The summed E-state index contributed by atoms with van der Waals surface area (Å²) in [7, 11) is 0. The van der Waals surface area contributed by atoms with Crippen molar-refractivity contribution in [1.29, 1.82) is 0 Å². The number of nitrogens with two attached hydrogens (primary N) is 1. The Morgan fingerprint density at radius 2 is 1.20 bits per heavy atom. The monoisotopic (exact) mass is 486 g/mol. The molecule has 0 saturated carbocycles. The second-order valence-electron chi connectivity index (χ2n) is 6.48. The second kappa shape index (κ2) is 14.9. The Morgan fingerprint density at radius 1 is 0.800 bits per heavy atom. The van der Waals surface area contributed by atoms with E-state index in [1.807, 2.05) is 5.43 Å². The fraction of sp³-hybridized carbons (Fsp3) is 0.150. The third kappa shape index (κ3) is 11.9. The predicted octanol–water partition coefficient (Wildman–Crippen LogP) is 0.880. The van der Waals surface area contributed by atoms with E-state index in [1.165, 1.54) is 55.8 Å². The van der Waals surface area contributed by atoms with E-state index < -0.39 is 21.7 Å². The van der Waals surface area contributed by atoms with Crippen molar-refractivity contribution in [2.24, 2.45) is 16.0 Å². The van der Waals surface area contributed by atoms with E-state index in [4.69, 9.17) is 5.84 Å². The molecule has 0 atom stereocenters. The van der Waals surface area contributed by atoms with E-state index in [1.54, 1.807) is 12.1 Å². The number of hydrazine groups is 1. The zero-order valence-electron chi connectivity index (χ0n) is 18.4. The van der Waals surface area contributed by atoms with E-state index in [2.05, 4.69) is 21.1 Å². The number of carbonyl (C=O) groups excluding carboxylic acids is 3. The smallest absolute Gasteiger partial charge is 0.269 e. The summed E-state index contributed by atoms with van der Waals surface area (Å²) >= 11 is 0. The fourth-order valence-corrected chi connectivity index (χ4v) is 2.10. The molecule has 184 valence electrons. The molecule has 2 aromatic rings. The normalized spacial score (nSPS) is 10.2. The number of nitrogens with one attached hydrogen (secondary N) is 3. The van der Waals surface area contributed by atoms with Crippen LogP contribution < -0.4 is 22.1 Å². The van der Waals surface area contributed by atoms with Gasteiger partial charge in [0.1, 0.15) is 0 Å². The zero-order valence-corrected chi connectivity index (χ0v) is 18.4. The fourth-order valence-electron chi connectivity index (χ4n) is 2.10.